The minimum Gasteiger partial charge on any atom is -0.477 e. The van der Waals surface area contributed by atoms with Crippen LogP contribution < -0.4 is 0 Å². The number of hydrogen-bond acceptors (Lipinski definition) is 6. The summed E-state index contributed by atoms with van der Waals surface area (Å²) in [4.78, 5) is 37.2. The number of likely N-dealkylation sites (N-methyl/N-ethyl adjacent to an activating group) is 1. The van der Waals surface area contributed by atoms with Crippen LogP contribution in [0.3, 0.4) is 0 Å². The van der Waals surface area contributed by atoms with Crippen molar-refractivity contribution in [1.29, 1.82) is 0 Å². The Labute approximate surface area is 401 Å². The zero-order chi connectivity index (χ0) is 47.7. The van der Waals surface area contributed by atoms with Gasteiger partial charge in [-0.15, -0.1) is 0 Å². The van der Waals surface area contributed by atoms with Crippen LogP contribution in [0.4, 0.5) is 0 Å². The van der Waals surface area contributed by atoms with Gasteiger partial charge >= 0.3 is 17.9 Å². The lowest BCUT2D eigenvalue weighted by Crippen LogP contribution is -2.50. The number of carboxylic acid groups (broad SMARTS) is 1. The Morgan fingerprint density at radius 1 is 0.477 bits per heavy atom. The number of rotatable bonds is 49. The van der Waals surface area contributed by atoms with Crippen LogP contribution in [0.25, 0.3) is 0 Å². The van der Waals surface area contributed by atoms with Gasteiger partial charge in [-0.25, -0.2) is 4.79 Å². The molecular formula is C57H104NO7+. The van der Waals surface area contributed by atoms with E-state index >= 15 is 0 Å². The second-order valence-corrected chi connectivity index (χ2v) is 19.5. The second kappa shape index (κ2) is 47.8. The zero-order valence-corrected chi connectivity index (χ0v) is 43.2. The third-order valence-electron chi connectivity index (χ3n) is 12.2. The summed E-state index contributed by atoms with van der Waals surface area (Å²) < 4.78 is 17.4. The molecule has 2 atom stereocenters. The van der Waals surface area contributed by atoms with Gasteiger partial charge in [0.05, 0.1) is 34.4 Å². The molecule has 0 bridgehead atoms. The summed E-state index contributed by atoms with van der Waals surface area (Å²) in [5, 5.41) is 9.67. The quantitative estimate of drug-likeness (QED) is 0.0281. The van der Waals surface area contributed by atoms with E-state index in [2.05, 4.69) is 62.5 Å². The smallest absolute Gasteiger partial charge is 0.362 e. The van der Waals surface area contributed by atoms with Crippen molar-refractivity contribution in [3.8, 4) is 0 Å². The number of ether oxygens (including phenoxy) is 3. The molecule has 8 nitrogen and oxygen atoms in total. The Balaban J connectivity index is 4.18. The average Bonchev–Trinajstić information content (AvgIpc) is 3.27. The third-order valence-corrected chi connectivity index (χ3v) is 12.2. The van der Waals surface area contributed by atoms with E-state index in [1.165, 1.54) is 148 Å². The van der Waals surface area contributed by atoms with E-state index in [0.29, 0.717) is 19.3 Å². The number of carbonyl (C=O) groups excluding carboxylic acids is 2. The van der Waals surface area contributed by atoms with E-state index in [-0.39, 0.29) is 36.2 Å². The monoisotopic (exact) mass is 915 g/mol. The number of unbranched alkanes of at least 4 members (excludes halogenated alkanes) is 27. The van der Waals surface area contributed by atoms with Gasteiger partial charge in [-0.1, -0.05) is 223 Å². The first-order valence-electron chi connectivity index (χ1n) is 27.2. The zero-order valence-electron chi connectivity index (χ0n) is 43.2. The minimum absolute atomic E-state index is 0.0508. The van der Waals surface area contributed by atoms with Crippen LogP contribution in [0, 0.1) is 0 Å². The predicted octanol–water partition coefficient (Wildman–Crippen LogP) is 15.9. The number of esters is 2. The van der Waals surface area contributed by atoms with Gasteiger partial charge in [-0.05, 0) is 51.4 Å². The van der Waals surface area contributed by atoms with Gasteiger partial charge in [0.25, 0.3) is 0 Å². The van der Waals surface area contributed by atoms with Crippen molar-refractivity contribution in [2.75, 3.05) is 41.0 Å². The fourth-order valence-electron chi connectivity index (χ4n) is 8.09. The lowest BCUT2D eigenvalue weighted by Gasteiger charge is -2.31. The highest BCUT2D eigenvalue weighted by atomic mass is 16.6. The molecule has 8 heteroatoms. The van der Waals surface area contributed by atoms with Crippen molar-refractivity contribution < 1.29 is 38.2 Å². The Bertz CT molecular complexity index is 1200. The number of carboxylic acids is 1. The van der Waals surface area contributed by atoms with Gasteiger partial charge in [0.2, 0.25) is 0 Å². The van der Waals surface area contributed by atoms with Gasteiger partial charge < -0.3 is 23.8 Å². The van der Waals surface area contributed by atoms with Crippen molar-refractivity contribution >= 4 is 17.9 Å². The Kier molecular flexibility index (Phi) is 45.8. The maximum Gasteiger partial charge on any atom is 0.362 e. The molecule has 0 aliphatic rings. The van der Waals surface area contributed by atoms with Crippen molar-refractivity contribution in [2.24, 2.45) is 0 Å². The molecule has 2 unspecified atom stereocenters. The maximum atomic E-state index is 12.8. The van der Waals surface area contributed by atoms with Crippen molar-refractivity contribution in [1.82, 2.24) is 0 Å². The molecule has 0 fully saturated rings. The lowest BCUT2D eigenvalue weighted by molar-refractivity contribution is -0.887. The first-order valence-corrected chi connectivity index (χ1v) is 27.2. The predicted molar refractivity (Wildman–Crippen MR) is 275 cm³/mol. The molecular weight excluding hydrogens is 811 g/mol. The number of quaternary nitrogens is 1. The van der Waals surface area contributed by atoms with Gasteiger partial charge in [0, 0.05) is 19.3 Å². The molecule has 0 amide bonds. The highest BCUT2D eigenvalue weighted by molar-refractivity contribution is 5.72. The molecule has 0 saturated heterocycles. The fraction of sp³-hybridized carbons (Fsp3) is 0.807. The molecule has 0 aliphatic carbocycles. The number of hydrogen-bond donors (Lipinski definition) is 1. The average molecular weight is 915 g/mol. The summed E-state index contributed by atoms with van der Waals surface area (Å²) in [6.07, 6.45) is 58.8. The Hall–Kier alpha value is -2.71. The van der Waals surface area contributed by atoms with Crippen LogP contribution in [0.2, 0.25) is 0 Å². The van der Waals surface area contributed by atoms with Crippen molar-refractivity contribution in [3.63, 3.8) is 0 Å². The SMILES string of the molecule is CC/C=C/C/C=C/C/C=C/C/C=C/CCCCCCCCCCCCC(=O)OCC(COCCC(C(=O)O)[N+](C)(C)C)OC(=O)CCCCCCCCCCCCCCCCCCCC. The lowest BCUT2D eigenvalue weighted by atomic mass is 10.0. The molecule has 0 aromatic carbocycles. The molecule has 1 N–H and O–H groups in total. The van der Waals surface area contributed by atoms with Crippen LogP contribution in [0.5, 0.6) is 0 Å². The highest BCUT2D eigenvalue weighted by Gasteiger charge is 2.31. The number of allylic oxidation sites excluding steroid dienone is 8. The molecule has 65 heavy (non-hydrogen) atoms. The van der Waals surface area contributed by atoms with Crippen molar-refractivity contribution in [2.45, 2.75) is 257 Å². The molecule has 0 aliphatic heterocycles. The first kappa shape index (κ1) is 62.3. The molecule has 0 spiro atoms. The van der Waals surface area contributed by atoms with Crippen LogP contribution in [0.1, 0.15) is 245 Å². The van der Waals surface area contributed by atoms with E-state index in [9.17, 15) is 19.5 Å². The molecule has 0 radical (unpaired) electrons. The van der Waals surface area contributed by atoms with Crippen LogP contribution in [-0.4, -0.2) is 80.6 Å². The standard InChI is InChI=1S/C57H103NO7/c1-6-8-10-12-14-16-18-20-22-24-26-27-28-29-30-32-33-35-37-39-41-43-45-47-55(59)64-52-53(51-63-50-49-54(57(61)62)58(3,4)5)65-56(60)48-46-44-42-40-38-36-34-31-25-23-21-19-17-15-13-11-9-7-2/h8,10,14,16,20,22,26-27,53-54H,6-7,9,11-13,15,17-19,21,23-25,28-52H2,1-5H3/p+1/b10-8+,16-14+,22-20+,27-26+. The van der Waals surface area contributed by atoms with E-state index in [1.54, 1.807) is 0 Å². The van der Waals surface area contributed by atoms with Crippen LogP contribution in [-0.2, 0) is 28.6 Å². The summed E-state index contributed by atoms with van der Waals surface area (Å²) in [7, 11) is 5.54. The van der Waals surface area contributed by atoms with Gasteiger partial charge in [0.1, 0.15) is 6.61 Å². The topological polar surface area (TPSA) is 99.1 Å². The number of nitrogens with zero attached hydrogens (tertiary/aromatic N) is 1. The summed E-state index contributed by atoms with van der Waals surface area (Å²) in [6.45, 7) is 4.66. The first-order chi connectivity index (χ1) is 31.6. The van der Waals surface area contributed by atoms with Gasteiger partial charge in [-0.3, -0.25) is 9.59 Å². The second-order valence-electron chi connectivity index (χ2n) is 19.5. The highest BCUT2D eigenvalue weighted by Crippen LogP contribution is 2.17. The molecule has 0 aromatic rings. The number of aliphatic carboxylic acids is 1. The van der Waals surface area contributed by atoms with Crippen molar-refractivity contribution in [3.05, 3.63) is 48.6 Å². The van der Waals surface area contributed by atoms with E-state index in [4.69, 9.17) is 14.2 Å². The third kappa shape index (κ3) is 46.2. The maximum absolute atomic E-state index is 12.8. The fourth-order valence-corrected chi connectivity index (χ4v) is 8.09. The summed E-state index contributed by atoms with van der Waals surface area (Å²) in [6, 6.07) is -0.615. The van der Waals surface area contributed by atoms with Gasteiger partial charge in [0.15, 0.2) is 12.1 Å². The van der Waals surface area contributed by atoms with Crippen LogP contribution >= 0.6 is 0 Å². The molecule has 0 rings (SSSR count). The van der Waals surface area contributed by atoms with Gasteiger partial charge in [-0.2, -0.15) is 0 Å². The molecule has 0 saturated carbocycles. The van der Waals surface area contributed by atoms with E-state index in [1.807, 2.05) is 21.1 Å². The largest absolute Gasteiger partial charge is 0.477 e. The molecule has 378 valence electrons. The molecule has 0 aromatic heterocycles. The summed E-state index contributed by atoms with van der Waals surface area (Å²) >= 11 is 0. The number of carbonyl (C=O) groups is 3. The minimum atomic E-state index is -0.873. The van der Waals surface area contributed by atoms with E-state index in [0.717, 1.165) is 64.2 Å². The normalized spacial score (nSPS) is 13.2. The summed E-state index contributed by atoms with van der Waals surface area (Å²) in [5.74, 6) is -1.46. The summed E-state index contributed by atoms with van der Waals surface area (Å²) in [5.41, 5.74) is 0. The Morgan fingerprint density at radius 3 is 1.28 bits per heavy atom. The van der Waals surface area contributed by atoms with E-state index < -0.39 is 18.1 Å². The molecule has 0 heterocycles. The van der Waals surface area contributed by atoms with Crippen LogP contribution in [0.15, 0.2) is 48.6 Å². The Morgan fingerprint density at radius 2 is 0.862 bits per heavy atom.